The van der Waals surface area contributed by atoms with Crippen LogP contribution in [0.25, 0.3) is 0 Å². The van der Waals surface area contributed by atoms with Gasteiger partial charge in [0.15, 0.2) is 0 Å². The summed E-state index contributed by atoms with van der Waals surface area (Å²) in [6.07, 6.45) is 4.02. The molecule has 6 heteroatoms. The fourth-order valence-corrected chi connectivity index (χ4v) is 4.62. The second-order valence-corrected chi connectivity index (χ2v) is 6.77. The van der Waals surface area contributed by atoms with Crippen LogP contribution in [0.5, 0.6) is 0 Å². The largest absolute Gasteiger partial charge is 0.361 e. The number of anilines is 2. The summed E-state index contributed by atoms with van der Waals surface area (Å²) in [6, 6.07) is 0. The summed E-state index contributed by atoms with van der Waals surface area (Å²) in [7, 11) is 0. The van der Waals surface area contributed by atoms with Gasteiger partial charge in [-0.15, -0.1) is 0 Å². The van der Waals surface area contributed by atoms with Crippen LogP contribution in [0.15, 0.2) is 11.0 Å². The van der Waals surface area contributed by atoms with E-state index in [2.05, 4.69) is 34.7 Å². The topological polar surface area (TPSA) is 86.9 Å². The summed E-state index contributed by atoms with van der Waals surface area (Å²) in [5.74, 6) is 0.777. The molecule has 20 heavy (non-hydrogen) atoms. The van der Waals surface area contributed by atoms with Crippen molar-refractivity contribution in [1.29, 1.82) is 0 Å². The van der Waals surface area contributed by atoms with Crippen LogP contribution in [0.1, 0.15) is 33.1 Å². The SMILES string of the molecule is CC1(C)C2CCC1(C1Nc3cn[nH]c(=O)c3N1)C(=O)C2. The Morgan fingerprint density at radius 3 is 2.70 bits per heavy atom. The van der Waals surface area contributed by atoms with Gasteiger partial charge in [0.2, 0.25) is 0 Å². The Morgan fingerprint density at radius 1 is 1.30 bits per heavy atom. The lowest BCUT2D eigenvalue weighted by atomic mass is 9.67. The van der Waals surface area contributed by atoms with E-state index in [4.69, 9.17) is 0 Å². The number of Topliss-reactive ketones (excluding diaryl/α,β-unsaturated/α-hetero) is 1. The van der Waals surface area contributed by atoms with Crippen LogP contribution >= 0.6 is 0 Å². The van der Waals surface area contributed by atoms with Gasteiger partial charge in [0.25, 0.3) is 5.56 Å². The maximum absolute atomic E-state index is 12.6. The van der Waals surface area contributed by atoms with E-state index < -0.39 is 5.41 Å². The van der Waals surface area contributed by atoms with Gasteiger partial charge < -0.3 is 10.6 Å². The first-order valence-corrected chi connectivity index (χ1v) is 7.11. The Hall–Kier alpha value is -1.85. The standard InChI is InChI=1S/C14H18N4O2/c1-13(2)7-3-4-14(13,9(19)5-7)12-16-8-6-15-18-11(20)10(8)17-12/h6-7,12,16-17H,3-5H2,1-2H3,(H,18,20). The van der Waals surface area contributed by atoms with Gasteiger partial charge in [0.05, 0.1) is 17.3 Å². The Labute approximate surface area is 116 Å². The molecule has 0 aromatic carbocycles. The number of nitrogens with one attached hydrogen (secondary N) is 3. The third kappa shape index (κ3) is 1.13. The number of hydrogen-bond donors (Lipinski definition) is 3. The smallest absolute Gasteiger partial charge is 0.289 e. The first-order valence-electron chi connectivity index (χ1n) is 7.11. The van der Waals surface area contributed by atoms with E-state index in [1.54, 1.807) is 6.20 Å². The summed E-state index contributed by atoms with van der Waals surface area (Å²) >= 11 is 0. The molecule has 2 bridgehead atoms. The highest BCUT2D eigenvalue weighted by molar-refractivity contribution is 5.92. The molecule has 3 unspecified atom stereocenters. The van der Waals surface area contributed by atoms with Gasteiger partial charge in [-0.2, -0.15) is 5.10 Å². The minimum Gasteiger partial charge on any atom is -0.361 e. The van der Waals surface area contributed by atoms with Gasteiger partial charge in [-0.05, 0) is 24.2 Å². The highest BCUT2D eigenvalue weighted by Crippen LogP contribution is 2.66. The molecule has 4 rings (SSSR count). The normalized spacial score (nSPS) is 36.6. The molecule has 0 radical (unpaired) electrons. The quantitative estimate of drug-likeness (QED) is 0.719. The van der Waals surface area contributed by atoms with Crippen molar-refractivity contribution in [3.63, 3.8) is 0 Å². The van der Waals surface area contributed by atoms with Gasteiger partial charge in [-0.1, -0.05) is 13.8 Å². The molecule has 2 heterocycles. The van der Waals surface area contributed by atoms with Crippen LogP contribution in [0.3, 0.4) is 0 Å². The lowest BCUT2D eigenvalue weighted by molar-refractivity contribution is -0.129. The highest BCUT2D eigenvalue weighted by Gasteiger charge is 2.68. The molecule has 0 saturated heterocycles. The molecule has 2 aliphatic carbocycles. The van der Waals surface area contributed by atoms with Gasteiger partial charge >= 0.3 is 0 Å². The van der Waals surface area contributed by atoms with Gasteiger partial charge in [-0.25, -0.2) is 5.10 Å². The molecule has 0 amide bonds. The summed E-state index contributed by atoms with van der Waals surface area (Å²) in [5.41, 5.74) is 0.470. The van der Waals surface area contributed by atoms with E-state index in [0.29, 0.717) is 29.5 Å². The zero-order chi connectivity index (χ0) is 14.1. The van der Waals surface area contributed by atoms with Crippen molar-refractivity contribution in [1.82, 2.24) is 10.2 Å². The van der Waals surface area contributed by atoms with Crippen molar-refractivity contribution in [3.8, 4) is 0 Å². The van der Waals surface area contributed by atoms with Crippen molar-refractivity contribution in [2.45, 2.75) is 39.3 Å². The molecule has 3 aliphatic rings. The molecule has 2 saturated carbocycles. The van der Waals surface area contributed by atoms with Gasteiger partial charge in [-0.3, -0.25) is 9.59 Å². The maximum Gasteiger partial charge on any atom is 0.289 e. The van der Waals surface area contributed by atoms with E-state index in [9.17, 15) is 9.59 Å². The summed E-state index contributed by atoms with van der Waals surface area (Å²) in [4.78, 5) is 24.4. The number of aromatic amines is 1. The minimum absolute atomic E-state index is 0.0447. The van der Waals surface area contributed by atoms with E-state index in [0.717, 1.165) is 12.8 Å². The molecular weight excluding hydrogens is 256 g/mol. The van der Waals surface area contributed by atoms with Crippen molar-refractivity contribution < 1.29 is 4.79 Å². The number of hydrogen-bond acceptors (Lipinski definition) is 5. The van der Waals surface area contributed by atoms with Crippen LogP contribution in [0, 0.1) is 16.7 Å². The Kier molecular flexibility index (Phi) is 2.04. The Morgan fingerprint density at radius 2 is 2.10 bits per heavy atom. The molecule has 106 valence electrons. The highest BCUT2D eigenvalue weighted by atomic mass is 16.1. The monoisotopic (exact) mass is 274 g/mol. The van der Waals surface area contributed by atoms with Crippen LogP contribution in [0.4, 0.5) is 11.4 Å². The number of carbonyl (C=O) groups excluding carboxylic acids is 1. The van der Waals surface area contributed by atoms with Gasteiger partial charge in [0, 0.05) is 6.42 Å². The van der Waals surface area contributed by atoms with Crippen LogP contribution in [-0.4, -0.2) is 22.1 Å². The van der Waals surface area contributed by atoms with E-state index in [1.807, 2.05) is 0 Å². The molecule has 1 aliphatic heterocycles. The zero-order valence-corrected chi connectivity index (χ0v) is 11.6. The Bertz CT molecular complexity index is 665. The van der Waals surface area contributed by atoms with Crippen molar-refractivity contribution in [3.05, 3.63) is 16.6 Å². The minimum atomic E-state index is -0.427. The fraction of sp³-hybridized carbons (Fsp3) is 0.643. The van der Waals surface area contributed by atoms with Gasteiger partial charge in [0.1, 0.15) is 17.6 Å². The lowest BCUT2D eigenvalue weighted by Gasteiger charge is -2.41. The number of aromatic nitrogens is 2. The molecule has 1 aromatic heterocycles. The molecule has 0 spiro atoms. The summed E-state index contributed by atoms with van der Waals surface area (Å²) in [6.45, 7) is 4.37. The van der Waals surface area contributed by atoms with Crippen molar-refractivity contribution in [2.75, 3.05) is 10.6 Å². The van der Waals surface area contributed by atoms with Crippen molar-refractivity contribution >= 4 is 17.2 Å². The first kappa shape index (κ1) is 11.9. The van der Waals surface area contributed by atoms with E-state index in [1.165, 1.54) is 0 Å². The van der Waals surface area contributed by atoms with E-state index in [-0.39, 0.29) is 17.1 Å². The zero-order valence-electron chi connectivity index (χ0n) is 11.6. The summed E-state index contributed by atoms with van der Waals surface area (Å²) in [5, 5.41) is 12.8. The van der Waals surface area contributed by atoms with Crippen LogP contribution in [0.2, 0.25) is 0 Å². The Balaban J connectivity index is 1.79. The molecule has 1 aromatic rings. The average molecular weight is 274 g/mol. The molecule has 3 N–H and O–H groups in total. The number of nitrogens with zero attached hydrogens (tertiary/aromatic N) is 1. The third-order valence-corrected chi connectivity index (χ3v) is 5.92. The number of carbonyl (C=O) groups is 1. The molecule has 2 fully saturated rings. The number of fused-ring (bicyclic) bond motifs is 3. The molecule has 3 atom stereocenters. The van der Waals surface area contributed by atoms with E-state index >= 15 is 0 Å². The fourth-order valence-electron chi connectivity index (χ4n) is 4.62. The first-order chi connectivity index (χ1) is 9.47. The van der Waals surface area contributed by atoms with Crippen molar-refractivity contribution in [2.24, 2.45) is 16.7 Å². The predicted octanol–water partition coefficient (Wildman–Crippen LogP) is 1.33. The second-order valence-electron chi connectivity index (χ2n) is 6.77. The lowest BCUT2D eigenvalue weighted by Crippen LogP contribution is -2.52. The predicted molar refractivity (Wildman–Crippen MR) is 74.5 cm³/mol. The second kappa shape index (κ2) is 3.42. The average Bonchev–Trinajstić information content (AvgIpc) is 2.98. The maximum atomic E-state index is 12.6. The number of rotatable bonds is 1. The number of ketones is 1. The van der Waals surface area contributed by atoms with Crippen LogP contribution in [-0.2, 0) is 4.79 Å². The summed E-state index contributed by atoms with van der Waals surface area (Å²) < 4.78 is 0. The molecular formula is C14H18N4O2. The molecule has 6 nitrogen and oxygen atoms in total. The number of H-pyrrole nitrogens is 1. The third-order valence-electron chi connectivity index (χ3n) is 5.92. The van der Waals surface area contributed by atoms with Crippen LogP contribution < -0.4 is 16.2 Å².